The quantitative estimate of drug-likeness (QED) is 0.836. The maximum Gasteiger partial charge on any atom is 0.214 e. The predicted molar refractivity (Wildman–Crippen MR) is 87.6 cm³/mol. The first-order chi connectivity index (χ1) is 11.0. The number of hydrogen-bond acceptors (Lipinski definition) is 5. The van der Waals surface area contributed by atoms with Gasteiger partial charge in [-0.15, -0.1) is 0 Å². The van der Waals surface area contributed by atoms with E-state index in [1.807, 2.05) is 20.0 Å². The van der Waals surface area contributed by atoms with E-state index < -0.39 is 15.6 Å². The van der Waals surface area contributed by atoms with Crippen molar-refractivity contribution >= 4 is 10.0 Å². The van der Waals surface area contributed by atoms with Gasteiger partial charge in [-0.3, -0.25) is 0 Å². The first kappa shape index (κ1) is 16.8. The van der Waals surface area contributed by atoms with Gasteiger partial charge in [0.1, 0.15) is 11.4 Å². The van der Waals surface area contributed by atoms with E-state index in [0.717, 1.165) is 36.3 Å². The highest BCUT2D eigenvalue weighted by Crippen LogP contribution is 2.40. The molecule has 0 amide bonds. The average Bonchev–Trinajstić information content (AvgIpc) is 2.54. The summed E-state index contributed by atoms with van der Waals surface area (Å²) in [4.78, 5) is 8.91. The Kier molecular flexibility index (Phi) is 4.71. The molecule has 1 fully saturated rings. The van der Waals surface area contributed by atoms with Gasteiger partial charge in [0, 0.05) is 19.3 Å². The summed E-state index contributed by atoms with van der Waals surface area (Å²) in [7, 11) is -3.14. The minimum Gasteiger partial charge on any atom is -0.368 e. The minimum absolute atomic E-state index is 0.245. The molecule has 1 aromatic heterocycles. The van der Waals surface area contributed by atoms with Crippen LogP contribution in [-0.4, -0.2) is 48.1 Å². The number of sulfonamides is 1. The van der Waals surface area contributed by atoms with Gasteiger partial charge in [0.25, 0.3) is 0 Å². The Morgan fingerprint density at radius 3 is 2.78 bits per heavy atom. The average molecular weight is 339 g/mol. The van der Waals surface area contributed by atoms with Crippen molar-refractivity contribution in [2.24, 2.45) is 0 Å². The molecule has 3 heterocycles. The zero-order valence-electron chi connectivity index (χ0n) is 13.9. The van der Waals surface area contributed by atoms with Crippen LogP contribution in [-0.2, 0) is 26.8 Å². The predicted octanol–water partition coefficient (Wildman–Crippen LogP) is 1.78. The number of unbranched alkanes of at least 4 members (excludes halogenated alkanes) is 1. The molecule has 2 aliphatic rings. The van der Waals surface area contributed by atoms with Crippen molar-refractivity contribution < 1.29 is 13.2 Å². The lowest BCUT2D eigenvalue weighted by atomic mass is 9.84. The number of rotatable bonds is 4. The monoisotopic (exact) mass is 339 g/mol. The number of aromatic nitrogens is 2. The first-order valence-electron chi connectivity index (χ1n) is 8.42. The molecule has 3 rings (SSSR count). The molecular formula is C16H25N3O3S. The van der Waals surface area contributed by atoms with E-state index in [0.29, 0.717) is 32.5 Å². The number of fused-ring (bicyclic) bond motifs is 2. The van der Waals surface area contributed by atoms with Crippen molar-refractivity contribution in [2.45, 2.75) is 51.6 Å². The molecule has 2 aliphatic heterocycles. The highest BCUT2D eigenvalue weighted by molar-refractivity contribution is 7.89. The Morgan fingerprint density at radius 1 is 1.35 bits per heavy atom. The summed E-state index contributed by atoms with van der Waals surface area (Å²) >= 11 is 0. The molecule has 23 heavy (non-hydrogen) atoms. The second-order valence-corrected chi connectivity index (χ2v) is 8.54. The Bertz CT molecular complexity index is 667. The van der Waals surface area contributed by atoms with Crippen LogP contribution in [0.3, 0.4) is 0 Å². The van der Waals surface area contributed by atoms with Crippen LogP contribution >= 0.6 is 0 Å². The van der Waals surface area contributed by atoms with E-state index in [2.05, 4.69) is 9.97 Å². The molecule has 7 heteroatoms. The second-order valence-electron chi connectivity index (χ2n) is 6.45. The molecule has 0 aromatic carbocycles. The van der Waals surface area contributed by atoms with Crippen molar-refractivity contribution in [1.82, 2.24) is 14.3 Å². The van der Waals surface area contributed by atoms with Gasteiger partial charge >= 0.3 is 0 Å². The molecule has 6 nitrogen and oxygen atoms in total. The topological polar surface area (TPSA) is 72.4 Å². The summed E-state index contributed by atoms with van der Waals surface area (Å²) in [5, 5.41) is 0. The summed E-state index contributed by atoms with van der Waals surface area (Å²) in [6.45, 7) is 5.56. The van der Waals surface area contributed by atoms with E-state index in [-0.39, 0.29) is 5.75 Å². The molecular weight excluding hydrogens is 314 g/mol. The van der Waals surface area contributed by atoms with Crippen LogP contribution in [0.4, 0.5) is 0 Å². The van der Waals surface area contributed by atoms with Crippen molar-refractivity contribution in [3.63, 3.8) is 0 Å². The number of aryl methyl sites for hydroxylation is 1. The van der Waals surface area contributed by atoms with Gasteiger partial charge in [0.2, 0.25) is 10.0 Å². The van der Waals surface area contributed by atoms with Gasteiger partial charge in [-0.25, -0.2) is 22.7 Å². The van der Waals surface area contributed by atoms with Crippen LogP contribution in [0.15, 0.2) is 6.20 Å². The molecule has 0 saturated carbocycles. The van der Waals surface area contributed by atoms with Gasteiger partial charge in [-0.2, -0.15) is 0 Å². The smallest absolute Gasteiger partial charge is 0.214 e. The first-order valence-corrected chi connectivity index (χ1v) is 10.0. The summed E-state index contributed by atoms with van der Waals surface area (Å²) in [6.07, 6.45) is 5.67. The van der Waals surface area contributed by atoms with Crippen molar-refractivity contribution in [3.05, 3.63) is 23.3 Å². The third kappa shape index (κ3) is 3.27. The van der Waals surface area contributed by atoms with Gasteiger partial charge in [-0.1, -0.05) is 13.3 Å². The highest BCUT2D eigenvalue weighted by atomic mass is 32.2. The molecule has 0 aliphatic carbocycles. The fraction of sp³-hybridized carbons (Fsp3) is 0.750. The summed E-state index contributed by atoms with van der Waals surface area (Å²) in [5.74, 6) is 0.988. The molecule has 1 aromatic rings. The van der Waals surface area contributed by atoms with Crippen LogP contribution in [0.2, 0.25) is 0 Å². The van der Waals surface area contributed by atoms with Crippen LogP contribution in [0.1, 0.15) is 49.7 Å². The normalized spacial score (nSPS) is 21.3. The largest absolute Gasteiger partial charge is 0.368 e. The SMILES string of the molecule is CCCCS(=O)(=O)N1CCC2(CC1)OCCc1cnc(C)nc12. The number of hydrogen-bond donors (Lipinski definition) is 0. The van der Waals surface area contributed by atoms with Crippen LogP contribution in [0.25, 0.3) is 0 Å². The Hall–Kier alpha value is -1.05. The zero-order chi connectivity index (χ0) is 16.5. The third-order valence-corrected chi connectivity index (χ3v) is 6.80. The summed E-state index contributed by atoms with van der Waals surface area (Å²) in [5.41, 5.74) is 1.68. The van der Waals surface area contributed by atoms with Crippen LogP contribution < -0.4 is 0 Å². The molecule has 0 bridgehead atoms. The number of piperidine rings is 1. The standard InChI is InChI=1S/C16H25N3O3S/c1-3-4-11-23(20,21)19-8-6-16(7-9-19)15-14(5-10-22-16)12-17-13(2)18-15/h12H,3-11H2,1-2H3. The molecule has 128 valence electrons. The molecule has 0 atom stereocenters. The lowest BCUT2D eigenvalue weighted by Crippen LogP contribution is -2.49. The number of ether oxygens (including phenoxy) is 1. The van der Waals surface area contributed by atoms with E-state index >= 15 is 0 Å². The molecule has 0 radical (unpaired) electrons. The van der Waals surface area contributed by atoms with Crippen molar-refractivity contribution in [1.29, 1.82) is 0 Å². The molecule has 0 unspecified atom stereocenters. The van der Waals surface area contributed by atoms with Gasteiger partial charge in [-0.05, 0) is 38.2 Å². The van der Waals surface area contributed by atoms with Crippen LogP contribution in [0.5, 0.6) is 0 Å². The van der Waals surface area contributed by atoms with Crippen LogP contribution in [0, 0.1) is 6.92 Å². The summed E-state index contributed by atoms with van der Waals surface area (Å²) < 4.78 is 32.5. The fourth-order valence-corrected chi connectivity index (χ4v) is 5.11. The van der Waals surface area contributed by atoms with E-state index in [1.165, 1.54) is 0 Å². The Morgan fingerprint density at radius 2 is 2.09 bits per heavy atom. The Labute approximate surface area is 138 Å². The molecule has 0 N–H and O–H groups in total. The minimum atomic E-state index is -3.14. The number of nitrogens with zero attached hydrogens (tertiary/aromatic N) is 3. The van der Waals surface area contributed by atoms with E-state index in [9.17, 15) is 8.42 Å². The van der Waals surface area contributed by atoms with Gasteiger partial charge < -0.3 is 4.74 Å². The maximum atomic E-state index is 12.4. The Balaban J connectivity index is 1.78. The van der Waals surface area contributed by atoms with E-state index in [1.54, 1.807) is 4.31 Å². The molecule has 1 saturated heterocycles. The molecule has 1 spiro atoms. The lowest BCUT2D eigenvalue weighted by Gasteiger charge is -2.43. The second kappa shape index (κ2) is 6.45. The van der Waals surface area contributed by atoms with Crippen molar-refractivity contribution in [3.8, 4) is 0 Å². The highest BCUT2D eigenvalue weighted by Gasteiger charge is 2.44. The third-order valence-electron chi connectivity index (χ3n) is 4.85. The zero-order valence-corrected chi connectivity index (χ0v) is 14.7. The fourth-order valence-electron chi connectivity index (χ4n) is 3.46. The maximum absolute atomic E-state index is 12.4. The van der Waals surface area contributed by atoms with Gasteiger partial charge in [0.15, 0.2) is 0 Å². The summed E-state index contributed by atoms with van der Waals surface area (Å²) in [6, 6.07) is 0. The lowest BCUT2D eigenvalue weighted by molar-refractivity contribution is -0.0926. The van der Waals surface area contributed by atoms with Gasteiger partial charge in [0.05, 0.1) is 18.1 Å². The van der Waals surface area contributed by atoms with E-state index in [4.69, 9.17) is 4.74 Å². The van der Waals surface area contributed by atoms with Crippen molar-refractivity contribution in [2.75, 3.05) is 25.4 Å².